The van der Waals surface area contributed by atoms with Crippen LogP contribution in [-0.2, 0) is 9.53 Å². The second-order valence-corrected chi connectivity index (χ2v) is 5.18. The number of rotatable bonds is 3. The molecule has 0 saturated carbocycles. The Morgan fingerprint density at radius 3 is 2.95 bits per heavy atom. The SMILES string of the molecule is COC(=O)C1CCN(c2nccc3cc(OC)ccc23)C1. The topological polar surface area (TPSA) is 51.7 Å². The van der Waals surface area contributed by atoms with E-state index in [1.165, 1.54) is 7.11 Å². The maximum absolute atomic E-state index is 11.7. The standard InChI is InChI=1S/C16H18N2O3/c1-20-13-3-4-14-11(9-13)5-7-17-15(14)18-8-6-12(10-18)16(19)21-2/h3-5,7,9,12H,6,8,10H2,1-2H3. The summed E-state index contributed by atoms with van der Waals surface area (Å²) in [6.45, 7) is 1.47. The lowest BCUT2D eigenvalue weighted by Gasteiger charge is -2.19. The molecule has 1 aliphatic heterocycles. The van der Waals surface area contributed by atoms with Gasteiger partial charge >= 0.3 is 5.97 Å². The molecule has 5 heteroatoms. The van der Waals surface area contributed by atoms with Gasteiger partial charge in [-0.1, -0.05) is 0 Å². The number of methoxy groups -OCH3 is 2. The average Bonchev–Trinajstić information content (AvgIpc) is 3.02. The minimum atomic E-state index is -0.139. The van der Waals surface area contributed by atoms with Gasteiger partial charge in [-0.05, 0) is 36.1 Å². The van der Waals surface area contributed by atoms with Crippen LogP contribution in [0.1, 0.15) is 6.42 Å². The third-order valence-electron chi connectivity index (χ3n) is 3.97. The molecule has 1 atom stereocenters. The van der Waals surface area contributed by atoms with E-state index < -0.39 is 0 Å². The van der Waals surface area contributed by atoms with Crippen molar-refractivity contribution in [2.75, 3.05) is 32.2 Å². The first-order chi connectivity index (χ1) is 10.2. The van der Waals surface area contributed by atoms with Crippen LogP contribution in [0, 0.1) is 5.92 Å². The fourth-order valence-electron chi connectivity index (χ4n) is 2.83. The van der Waals surface area contributed by atoms with Crippen molar-refractivity contribution in [2.45, 2.75) is 6.42 Å². The molecule has 0 radical (unpaired) electrons. The molecule has 1 saturated heterocycles. The van der Waals surface area contributed by atoms with Crippen LogP contribution in [0.2, 0.25) is 0 Å². The first-order valence-corrected chi connectivity index (χ1v) is 6.98. The van der Waals surface area contributed by atoms with E-state index in [4.69, 9.17) is 9.47 Å². The Labute approximate surface area is 123 Å². The summed E-state index contributed by atoms with van der Waals surface area (Å²) < 4.78 is 10.1. The van der Waals surface area contributed by atoms with Crippen LogP contribution < -0.4 is 9.64 Å². The first kappa shape index (κ1) is 13.7. The van der Waals surface area contributed by atoms with Crippen LogP contribution in [0.15, 0.2) is 30.5 Å². The van der Waals surface area contributed by atoms with Crippen molar-refractivity contribution in [3.63, 3.8) is 0 Å². The summed E-state index contributed by atoms with van der Waals surface area (Å²) in [5, 5.41) is 2.16. The van der Waals surface area contributed by atoms with Gasteiger partial charge in [0.15, 0.2) is 0 Å². The summed E-state index contributed by atoms with van der Waals surface area (Å²) in [5.74, 6) is 1.54. The largest absolute Gasteiger partial charge is 0.497 e. The van der Waals surface area contributed by atoms with Crippen molar-refractivity contribution in [1.29, 1.82) is 0 Å². The summed E-state index contributed by atoms with van der Waals surface area (Å²) in [4.78, 5) is 18.3. The molecule has 1 aromatic heterocycles. The van der Waals surface area contributed by atoms with E-state index in [-0.39, 0.29) is 11.9 Å². The number of benzene rings is 1. The second kappa shape index (κ2) is 5.60. The Morgan fingerprint density at radius 2 is 2.19 bits per heavy atom. The van der Waals surface area contributed by atoms with Gasteiger partial charge in [0.2, 0.25) is 0 Å². The Balaban J connectivity index is 1.93. The number of ether oxygens (including phenoxy) is 2. The maximum Gasteiger partial charge on any atom is 0.310 e. The van der Waals surface area contributed by atoms with Gasteiger partial charge < -0.3 is 14.4 Å². The lowest BCUT2D eigenvalue weighted by Crippen LogP contribution is -2.24. The molecule has 1 aromatic carbocycles. The molecule has 1 aliphatic rings. The van der Waals surface area contributed by atoms with Crippen LogP contribution in [-0.4, -0.2) is 38.3 Å². The fraction of sp³-hybridized carbons (Fsp3) is 0.375. The molecular weight excluding hydrogens is 268 g/mol. The summed E-state index contributed by atoms with van der Waals surface area (Å²) in [6, 6.07) is 7.91. The number of hydrogen-bond donors (Lipinski definition) is 0. The minimum Gasteiger partial charge on any atom is -0.497 e. The quantitative estimate of drug-likeness (QED) is 0.810. The fourth-order valence-corrected chi connectivity index (χ4v) is 2.83. The molecule has 110 valence electrons. The Hall–Kier alpha value is -2.30. The van der Waals surface area contributed by atoms with E-state index in [2.05, 4.69) is 9.88 Å². The molecule has 21 heavy (non-hydrogen) atoms. The predicted octanol–water partition coefficient (Wildman–Crippen LogP) is 2.24. The number of hydrogen-bond acceptors (Lipinski definition) is 5. The van der Waals surface area contributed by atoms with Gasteiger partial charge in [0.1, 0.15) is 11.6 Å². The molecule has 5 nitrogen and oxygen atoms in total. The molecule has 3 rings (SSSR count). The van der Waals surface area contributed by atoms with Gasteiger partial charge in [-0.15, -0.1) is 0 Å². The molecular formula is C16H18N2O3. The van der Waals surface area contributed by atoms with Crippen molar-refractivity contribution in [3.8, 4) is 5.75 Å². The van der Waals surface area contributed by atoms with Gasteiger partial charge in [0.05, 0.1) is 20.1 Å². The number of aromatic nitrogens is 1. The van der Waals surface area contributed by atoms with Gasteiger partial charge in [-0.2, -0.15) is 0 Å². The highest BCUT2D eigenvalue weighted by atomic mass is 16.5. The number of fused-ring (bicyclic) bond motifs is 1. The average molecular weight is 286 g/mol. The van der Waals surface area contributed by atoms with Crippen molar-refractivity contribution in [2.24, 2.45) is 5.92 Å². The Bertz CT molecular complexity index is 672. The highest BCUT2D eigenvalue weighted by Gasteiger charge is 2.30. The van der Waals surface area contributed by atoms with E-state index in [1.54, 1.807) is 13.3 Å². The second-order valence-electron chi connectivity index (χ2n) is 5.18. The lowest BCUT2D eigenvalue weighted by atomic mass is 10.1. The van der Waals surface area contributed by atoms with Crippen LogP contribution in [0.25, 0.3) is 10.8 Å². The summed E-state index contributed by atoms with van der Waals surface area (Å²) in [7, 11) is 3.10. The summed E-state index contributed by atoms with van der Waals surface area (Å²) in [5.41, 5.74) is 0. The van der Waals surface area contributed by atoms with Crippen molar-refractivity contribution < 1.29 is 14.3 Å². The molecule has 0 N–H and O–H groups in total. The molecule has 0 amide bonds. The van der Waals surface area contributed by atoms with Crippen molar-refractivity contribution in [1.82, 2.24) is 4.98 Å². The van der Waals surface area contributed by atoms with Gasteiger partial charge in [0, 0.05) is 24.7 Å². The minimum absolute atomic E-state index is 0.0645. The van der Waals surface area contributed by atoms with E-state index in [1.807, 2.05) is 24.3 Å². The Morgan fingerprint density at radius 1 is 1.33 bits per heavy atom. The molecule has 2 heterocycles. The normalized spacial score (nSPS) is 18.0. The highest BCUT2D eigenvalue weighted by Crippen LogP contribution is 2.31. The number of esters is 1. The van der Waals surface area contributed by atoms with Crippen molar-refractivity contribution >= 4 is 22.6 Å². The van der Waals surface area contributed by atoms with Gasteiger partial charge in [0.25, 0.3) is 0 Å². The van der Waals surface area contributed by atoms with Crippen LogP contribution in [0.4, 0.5) is 5.82 Å². The van der Waals surface area contributed by atoms with Crippen LogP contribution in [0.3, 0.4) is 0 Å². The van der Waals surface area contributed by atoms with E-state index in [0.29, 0.717) is 6.54 Å². The highest BCUT2D eigenvalue weighted by molar-refractivity contribution is 5.93. The lowest BCUT2D eigenvalue weighted by molar-refractivity contribution is -0.144. The number of carbonyl (C=O) groups is 1. The van der Waals surface area contributed by atoms with Crippen molar-refractivity contribution in [3.05, 3.63) is 30.5 Å². The zero-order chi connectivity index (χ0) is 14.8. The van der Waals surface area contributed by atoms with Crippen LogP contribution in [0.5, 0.6) is 5.75 Å². The molecule has 0 spiro atoms. The smallest absolute Gasteiger partial charge is 0.310 e. The van der Waals surface area contributed by atoms with Gasteiger partial charge in [-0.3, -0.25) is 4.79 Å². The maximum atomic E-state index is 11.7. The molecule has 1 fully saturated rings. The molecule has 2 aromatic rings. The molecule has 0 bridgehead atoms. The van der Waals surface area contributed by atoms with Crippen LogP contribution >= 0.6 is 0 Å². The predicted molar refractivity (Wildman–Crippen MR) is 80.6 cm³/mol. The zero-order valence-electron chi connectivity index (χ0n) is 12.2. The molecule has 1 unspecified atom stereocenters. The zero-order valence-corrected chi connectivity index (χ0v) is 12.2. The monoisotopic (exact) mass is 286 g/mol. The first-order valence-electron chi connectivity index (χ1n) is 6.98. The van der Waals surface area contributed by atoms with E-state index in [0.717, 1.165) is 35.3 Å². The molecule has 0 aliphatic carbocycles. The summed E-state index contributed by atoms with van der Waals surface area (Å²) >= 11 is 0. The summed E-state index contributed by atoms with van der Waals surface area (Å²) in [6.07, 6.45) is 2.60. The van der Waals surface area contributed by atoms with E-state index >= 15 is 0 Å². The third kappa shape index (κ3) is 2.51. The number of carbonyl (C=O) groups excluding carboxylic acids is 1. The van der Waals surface area contributed by atoms with E-state index in [9.17, 15) is 4.79 Å². The number of pyridine rings is 1. The number of anilines is 1. The number of nitrogens with zero attached hydrogens (tertiary/aromatic N) is 2. The third-order valence-corrected chi connectivity index (χ3v) is 3.97. The Kier molecular flexibility index (Phi) is 3.64. The van der Waals surface area contributed by atoms with Gasteiger partial charge in [-0.25, -0.2) is 4.98 Å².